The van der Waals surface area contributed by atoms with E-state index in [0.29, 0.717) is 5.75 Å². The number of phenolic OH excluding ortho intramolecular Hbond substituents is 1. The summed E-state index contributed by atoms with van der Waals surface area (Å²) in [6.45, 7) is -0.689. The number of benzene rings is 1. The van der Waals surface area contributed by atoms with E-state index in [9.17, 15) is 14.7 Å². The molecule has 1 aromatic carbocycles. The summed E-state index contributed by atoms with van der Waals surface area (Å²) in [6, 6.07) is 4.10. The minimum atomic E-state index is -1.18. The van der Waals surface area contributed by atoms with Crippen LogP contribution >= 0.6 is 0 Å². The summed E-state index contributed by atoms with van der Waals surface area (Å²) in [5, 5.41) is 18.4. The molecule has 0 aliphatic carbocycles. The van der Waals surface area contributed by atoms with Crippen LogP contribution in [0.3, 0.4) is 0 Å². The van der Waals surface area contributed by atoms with Crippen LogP contribution in [0.4, 0.5) is 0 Å². The van der Waals surface area contributed by atoms with Gasteiger partial charge in [0.25, 0.3) is 5.91 Å². The highest BCUT2D eigenvalue weighted by molar-refractivity contribution is 5.98. The number of aromatic hydroxyl groups is 1. The lowest BCUT2D eigenvalue weighted by molar-refractivity contribution is -0.137. The lowest BCUT2D eigenvalue weighted by Crippen LogP contribution is -2.36. The molecule has 0 radical (unpaired) electrons. The van der Waals surface area contributed by atoms with E-state index in [4.69, 9.17) is 16.3 Å². The summed E-state index contributed by atoms with van der Waals surface area (Å²) in [7, 11) is 1.42. The number of ether oxygens (including phenoxy) is 1. The molecule has 1 rings (SSSR count). The topological polar surface area (TPSA) is 87.1 Å². The van der Waals surface area contributed by atoms with Gasteiger partial charge in [0.2, 0.25) is 0 Å². The van der Waals surface area contributed by atoms with Crippen molar-refractivity contribution in [3.8, 4) is 23.8 Å². The summed E-state index contributed by atoms with van der Waals surface area (Å²) in [4.78, 5) is 23.7. The lowest BCUT2D eigenvalue weighted by Gasteiger charge is -2.18. The molecule has 0 aliphatic heterocycles. The second-order valence-electron chi connectivity index (χ2n) is 3.64. The Kier molecular flexibility index (Phi) is 4.77. The van der Waals surface area contributed by atoms with Gasteiger partial charge in [-0.25, -0.2) is 0 Å². The number of phenols is 1. The van der Waals surface area contributed by atoms with Crippen molar-refractivity contribution in [1.29, 1.82) is 0 Å². The normalized spacial score (nSPS) is 9.47. The highest BCUT2D eigenvalue weighted by atomic mass is 16.5. The van der Waals surface area contributed by atoms with Gasteiger partial charge in [-0.05, 0) is 12.1 Å². The van der Waals surface area contributed by atoms with Crippen LogP contribution < -0.4 is 4.74 Å². The van der Waals surface area contributed by atoms with Crippen molar-refractivity contribution < 1.29 is 24.5 Å². The Hall–Kier alpha value is -2.68. The maximum absolute atomic E-state index is 12.1. The number of aliphatic carboxylic acids is 1. The fraction of sp³-hybridized carbons (Fsp3) is 0.231. The molecular weight excluding hydrogens is 250 g/mol. The van der Waals surface area contributed by atoms with E-state index in [2.05, 4.69) is 5.92 Å². The third-order valence-corrected chi connectivity index (χ3v) is 2.33. The van der Waals surface area contributed by atoms with Crippen molar-refractivity contribution in [3.63, 3.8) is 0 Å². The van der Waals surface area contributed by atoms with Gasteiger partial charge in [0.15, 0.2) is 0 Å². The first-order valence-electron chi connectivity index (χ1n) is 5.31. The fourth-order valence-corrected chi connectivity index (χ4v) is 1.46. The quantitative estimate of drug-likeness (QED) is 0.758. The second kappa shape index (κ2) is 6.31. The predicted octanol–water partition coefficient (Wildman–Crippen LogP) is 0.561. The molecule has 6 nitrogen and oxygen atoms in total. The fourth-order valence-electron chi connectivity index (χ4n) is 1.46. The zero-order chi connectivity index (χ0) is 14.4. The Labute approximate surface area is 110 Å². The zero-order valence-corrected chi connectivity index (χ0v) is 10.3. The van der Waals surface area contributed by atoms with E-state index in [1.165, 1.54) is 25.3 Å². The Balaban J connectivity index is 3.02. The molecule has 0 unspecified atom stereocenters. The van der Waals surface area contributed by atoms with E-state index in [1.807, 2.05) is 0 Å². The van der Waals surface area contributed by atoms with Crippen LogP contribution in [-0.2, 0) is 4.79 Å². The van der Waals surface area contributed by atoms with Crippen LogP contribution in [0.5, 0.6) is 11.5 Å². The molecule has 19 heavy (non-hydrogen) atoms. The highest BCUT2D eigenvalue weighted by Crippen LogP contribution is 2.24. The molecular formula is C13H13NO5. The number of amides is 1. The molecule has 6 heteroatoms. The molecule has 0 saturated heterocycles. The third kappa shape index (κ3) is 3.64. The van der Waals surface area contributed by atoms with Crippen LogP contribution in [0.15, 0.2) is 18.2 Å². The van der Waals surface area contributed by atoms with Gasteiger partial charge in [-0.2, -0.15) is 0 Å². The number of carboxylic acids is 1. The van der Waals surface area contributed by atoms with Crippen LogP contribution in [-0.4, -0.2) is 47.2 Å². The number of terminal acetylenes is 1. The molecule has 0 heterocycles. The van der Waals surface area contributed by atoms with Crippen molar-refractivity contribution in [2.45, 2.75) is 0 Å². The van der Waals surface area contributed by atoms with Crippen LogP contribution in [0.1, 0.15) is 10.4 Å². The van der Waals surface area contributed by atoms with Crippen molar-refractivity contribution in [1.82, 2.24) is 4.90 Å². The van der Waals surface area contributed by atoms with Gasteiger partial charge in [-0.1, -0.05) is 5.92 Å². The summed E-state index contributed by atoms with van der Waals surface area (Å²) >= 11 is 0. The maximum atomic E-state index is 12.1. The minimum Gasteiger partial charge on any atom is -0.507 e. The molecule has 0 saturated carbocycles. The van der Waals surface area contributed by atoms with Crippen LogP contribution in [0, 0.1) is 12.3 Å². The number of hydrogen-bond donors (Lipinski definition) is 2. The Morgan fingerprint density at radius 1 is 1.47 bits per heavy atom. The largest absolute Gasteiger partial charge is 0.507 e. The first kappa shape index (κ1) is 14.4. The van der Waals surface area contributed by atoms with E-state index in [0.717, 1.165) is 4.90 Å². The summed E-state index contributed by atoms with van der Waals surface area (Å²) in [5.74, 6) is 0.456. The number of hydrogen-bond acceptors (Lipinski definition) is 4. The van der Waals surface area contributed by atoms with Gasteiger partial charge in [0.1, 0.15) is 18.0 Å². The molecule has 1 amide bonds. The minimum absolute atomic E-state index is 0.0303. The molecule has 0 fully saturated rings. The van der Waals surface area contributed by atoms with Crippen molar-refractivity contribution in [3.05, 3.63) is 23.8 Å². The Bertz CT molecular complexity index is 532. The van der Waals surface area contributed by atoms with Crippen molar-refractivity contribution >= 4 is 11.9 Å². The second-order valence-corrected chi connectivity index (χ2v) is 3.64. The molecule has 2 N–H and O–H groups in total. The lowest BCUT2D eigenvalue weighted by atomic mass is 10.1. The van der Waals surface area contributed by atoms with Gasteiger partial charge in [-0.15, -0.1) is 6.42 Å². The number of rotatable bonds is 5. The van der Waals surface area contributed by atoms with E-state index in [-0.39, 0.29) is 17.9 Å². The van der Waals surface area contributed by atoms with Gasteiger partial charge < -0.3 is 19.8 Å². The summed E-state index contributed by atoms with van der Waals surface area (Å²) < 4.78 is 4.89. The third-order valence-electron chi connectivity index (χ3n) is 2.33. The molecule has 0 bridgehead atoms. The zero-order valence-electron chi connectivity index (χ0n) is 10.3. The highest BCUT2D eigenvalue weighted by Gasteiger charge is 2.20. The number of carbonyl (C=O) groups excluding carboxylic acids is 1. The average Bonchev–Trinajstić information content (AvgIpc) is 2.36. The monoisotopic (exact) mass is 263 g/mol. The van der Waals surface area contributed by atoms with Crippen LogP contribution in [0.2, 0.25) is 0 Å². The van der Waals surface area contributed by atoms with Crippen LogP contribution in [0.25, 0.3) is 0 Å². The van der Waals surface area contributed by atoms with Gasteiger partial charge in [0, 0.05) is 6.07 Å². The standard InChI is InChI=1S/C13H13NO5/c1-3-6-14(8-12(16)17)13(18)10-5-4-9(19-2)7-11(10)15/h1,4-5,7,15H,6,8H2,2H3,(H,16,17). The van der Waals surface area contributed by atoms with Gasteiger partial charge in [-0.3, -0.25) is 9.59 Å². The number of nitrogens with zero attached hydrogens (tertiary/aromatic N) is 1. The Morgan fingerprint density at radius 2 is 2.16 bits per heavy atom. The maximum Gasteiger partial charge on any atom is 0.323 e. The van der Waals surface area contributed by atoms with E-state index >= 15 is 0 Å². The predicted molar refractivity (Wildman–Crippen MR) is 67.0 cm³/mol. The van der Waals surface area contributed by atoms with E-state index in [1.54, 1.807) is 0 Å². The number of methoxy groups -OCH3 is 1. The summed E-state index contributed by atoms with van der Waals surface area (Å²) in [5.41, 5.74) is -0.0303. The SMILES string of the molecule is C#CCN(CC(=O)O)C(=O)c1ccc(OC)cc1O. The first-order valence-corrected chi connectivity index (χ1v) is 5.31. The van der Waals surface area contributed by atoms with E-state index < -0.39 is 18.4 Å². The average molecular weight is 263 g/mol. The Morgan fingerprint density at radius 3 is 2.63 bits per heavy atom. The van der Waals surface area contributed by atoms with Crippen molar-refractivity contribution in [2.75, 3.05) is 20.2 Å². The number of carboxylic acid groups (broad SMARTS) is 1. The molecule has 0 aliphatic rings. The first-order chi connectivity index (χ1) is 8.99. The van der Waals surface area contributed by atoms with Crippen molar-refractivity contribution in [2.24, 2.45) is 0 Å². The molecule has 0 atom stereocenters. The number of carbonyl (C=O) groups is 2. The smallest absolute Gasteiger partial charge is 0.323 e. The van der Waals surface area contributed by atoms with Gasteiger partial charge in [0.05, 0.1) is 19.2 Å². The molecule has 100 valence electrons. The van der Waals surface area contributed by atoms with Gasteiger partial charge >= 0.3 is 5.97 Å². The molecule has 0 aromatic heterocycles. The molecule has 0 spiro atoms. The molecule has 1 aromatic rings. The summed E-state index contributed by atoms with van der Waals surface area (Å²) in [6.07, 6.45) is 5.09.